The average molecular weight is 252 g/mol. The van der Waals surface area contributed by atoms with Crippen molar-refractivity contribution in [2.24, 2.45) is 11.0 Å². The molecule has 1 heterocycles. The number of hydrazone groups is 1. The van der Waals surface area contributed by atoms with Gasteiger partial charge in [-0.1, -0.05) is 18.5 Å². The van der Waals surface area contributed by atoms with Crippen molar-refractivity contribution in [3.63, 3.8) is 0 Å². The van der Waals surface area contributed by atoms with Gasteiger partial charge in [-0.3, -0.25) is 4.79 Å². The zero-order valence-electron chi connectivity index (χ0n) is 9.77. The van der Waals surface area contributed by atoms with Gasteiger partial charge < -0.3 is 5.73 Å². The first kappa shape index (κ1) is 11.9. The van der Waals surface area contributed by atoms with Gasteiger partial charge in [0.15, 0.2) is 0 Å². The van der Waals surface area contributed by atoms with Gasteiger partial charge in [0.1, 0.15) is 0 Å². The number of carbonyl (C=O) groups excluding carboxylic acids is 1. The van der Waals surface area contributed by atoms with Crippen LogP contribution < -0.4 is 10.7 Å². The van der Waals surface area contributed by atoms with Crippen LogP contribution in [0.1, 0.15) is 20.3 Å². The molecule has 1 aromatic carbocycles. The molecule has 0 radical (unpaired) electrons. The van der Waals surface area contributed by atoms with E-state index < -0.39 is 0 Å². The summed E-state index contributed by atoms with van der Waals surface area (Å²) in [6.45, 7) is 3.83. The van der Waals surface area contributed by atoms with E-state index in [4.69, 9.17) is 17.3 Å². The Morgan fingerprint density at radius 2 is 2.24 bits per heavy atom. The van der Waals surface area contributed by atoms with Gasteiger partial charge >= 0.3 is 0 Å². The first-order chi connectivity index (χ1) is 8.04. The maximum atomic E-state index is 12.1. The predicted octanol–water partition coefficient (Wildman–Crippen LogP) is 2.67. The minimum Gasteiger partial charge on any atom is -0.397 e. The molecule has 1 aliphatic heterocycles. The maximum absolute atomic E-state index is 12.1. The Kier molecular flexibility index (Phi) is 3.07. The number of hydrogen-bond donors (Lipinski definition) is 1. The van der Waals surface area contributed by atoms with Crippen molar-refractivity contribution in [2.45, 2.75) is 20.3 Å². The second-order valence-electron chi connectivity index (χ2n) is 4.06. The zero-order valence-corrected chi connectivity index (χ0v) is 10.5. The molecule has 1 aromatic rings. The third-order valence-corrected chi connectivity index (χ3v) is 3.13. The lowest BCUT2D eigenvalue weighted by Gasteiger charge is -2.15. The number of carbonyl (C=O) groups is 1. The SMILES string of the molecule is CCC1C(=O)N(c2ccc(Cl)cc2N)N=C1C. The number of rotatable bonds is 2. The van der Waals surface area contributed by atoms with Crippen LogP contribution in [-0.4, -0.2) is 11.6 Å². The largest absolute Gasteiger partial charge is 0.397 e. The van der Waals surface area contributed by atoms with Gasteiger partial charge in [0.25, 0.3) is 5.91 Å². The summed E-state index contributed by atoms with van der Waals surface area (Å²) < 4.78 is 0. The Balaban J connectivity index is 2.39. The summed E-state index contributed by atoms with van der Waals surface area (Å²) in [5.41, 5.74) is 7.72. The summed E-state index contributed by atoms with van der Waals surface area (Å²) in [6, 6.07) is 5.03. The van der Waals surface area contributed by atoms with Crippen LogP contribution >= 0.6 is 11.6 Å². The summed E-state index contributed by atoms with van der Waals surface area (Å²) in [6.07, 6.45) is 0.748. The van der Waals surface area contributed by atoms with Gasteiger partial charge in [-0.25, -0.2) is 0 Å². The van der Waals surface area contributed by atoms with Gasteiger partial charge in [-0.05, 0) is 31.5 Å². The van der Waals surface area contributed by atoms with E-state index in [0.717, 1.165) is 12.1 Å². The first-order valence-electron chi connectivity index (χ1n) is 5.48. The van der Waals surface area contributed by atoms with Crippen LogP contribution in [0.4, 0.5) is 11.4 Å². The summed E-state index contributed by atoms with van der Waals surface area (Å²) in [4.78, 5) is 12.1. The molecule has 2 rings (SSSR count). The summed E-state index contributed by atoms with van der Waals surface area (Å²) >= 11 is 5.83. The lowest BCUT2D eigenvalue weighted by Crippen LogP contribution is -2.27. The number of benzene rings is 1. The zero-order chi connectivity index (χ0) is 12.6. The van der Waals surface area contributed by atoms with E-state index in [-0.39, 0.29) is 11.8 Å². The molecule has 4 nitrogen and oxygen atoms in total. The van der Waals surface area contributed by atoms with Crippen molar-refractivity contribution in [1.82, 2.24) is 0 Å². The van der Waals surface area contributed by atoms with E-state index in [1.54, 1.807) is 18.2 Å². The Bertz CT molecular complexity index is 499. The molecular formula is C12H14ClN3O. The average Bonchev–Trinajstić information content (AvgIpc) is 2.54. The predicted molar refractivity (Wildman–Crippen MR) is 70.2 cm³/mol. The van der Waals surface area contributed by atoms with Crippen molar-refractivity contribution in [1.29, 1.82) is 0 Å². The number of anilines is 2. The van der Waals surface area contributed by atoms with Gasteiger partial charge in [0.2, 0.25) is 0 Å². The molecule has 0 spiro atoms. The van der Waals surface area contributed by atoms with Crippen LogP contribution in [0.3, 0.4) is 0 Å². The normalized spacial score (nSPS) is 19.7. The lowest BCUT2D eigenvalue weighted by molar-refractivity contribution is -0.119. The van der Waals surface area contributed by atoms with Crippen molar-refractivity contribution in [2.75, 3.05) is 10.7 Å². The molecule has 0 bridgehead atoms. The Hall–Kier alpha value is -1.55. The molecule has 2 N–H and O–H groups in total. The van der Waals surface area contributed by atoms with Crippen LogP contribution in [0.25, 0.3) is 0 Å². The molecular weight excluding hydrogens is 238 g/mol. The van der Waals surface area contributed by atoms with Gasteiger partial charge in [0, 0.05) is 10.7 Å². The quantitative estimate of drug-likeness (QED) is 0.822. The van der Waals surface area contributed by atoms with Crippen LogP contribution in [0.5, 0.6) is 0 Å². The van der Waals surface area contributed by atoms with E-state index in [0.29, 0.717) is 16.4 Å². The van der Waals surface area contributed by atoms with E-state index in [9.17, 15) is 4.79 Å². The number of nitrogens with zero attached hydrogens (tertiary/aromatic N) is 2. The molecule has 90 valence electrons. The second kappa shape index (κ2) is 4.37. The highest BCUT2D eigenvalue weighted by Crippen LogP contribution is 2.31. The molecule has 1 aliphatic rings. The van der Waals surface area contributed by atoms with Crippen molar-refractivity contribution < 1.29 is 4.79 Å². The fraction of sp³-hybridized carbons (Fsp3) is 0.333. The van der Waals surface area contributed by atoms with Crippen LogP contribution in [-0.2, 0) is 4.79 Å². The molecule has 0 aliphatic carbocycles. The highest BCUT2D eigenvalue weighted by atomic mass is 35.5. The van der Waals surface area contributed by atoms with Crippen molar-refractivity contribution >= 4 is 34.6 Å². The van der Waals surface area contributed by atoms with Crippen molar-refractivity contribution in [3.8, 4) is 0 Å². The Labute approximate surface area is 105 Å². The first-order valence-corrected chi connectivity index (χ1v) is 5.86. The number of halogens is 1. The minimum atomic E-state index is -0.134. The molecule has 1 unspecified atom stereocenters. The fourth-order valence-electron chi connectivity index (χ4n) is 1.96. The Morgan fingerprint density at radius 3 is 2.76 bits per heavy atom. The van der Waals surface area contributed by atoms with E-state index in [1.807, 2.05) is 13.8 Å². The summed E-state index contributed by atoms with van der Waals surface area (Å²) in [5.74, 6) is -0.163. The number of amides is 1. The number of nitrogens with two attached hydrogens (primary N) is 1. The highest BCUT2D eigenvalue weighted by Gasteiger charge is 2.33. The third-order valence-electron chi connectivity index (χ3n) is 2.89. The van der Waals surface area contributed by atoms with Crippen molar-refractivity contribution in [3.05, 3.63) is 23.2 Å². The smallest absolute Gasteiger partial charge is 0.256 e. The van der Waals surface area contributed by atoms with Crippen LogP contribution in [0, 0.1) is 5.92 Å². The molecule has 1 atom stereocenters. The Morgan fingerprint density at radius 1 is 1.53 bits per heavy atom. The topological polar surface area (TPSA) is 58.7 Å². The standard InChI is InChI=1S/C12H14ClN3O/c1-3-9-7(2)15-16(12(9)17)11-5-4-8(13)6-10(11)14/h4-6,9H,3,14H2,1-2H3. The van der Waals surface area contributed by atoms with Gasteiger partial charge in [-0.2, -0.15) is 10.1 Å². The molecule has 5 heteroatoms. The van der Waals surface area contributed by atoms with Gasteiger partial charge in [-0.15, -0.1) is 0 Å². The molecule has 0 saturated heterocycles. The van der Waals surface area contributed by atoms with Gasteiger partial charge in [0.05, 0.1) is 17.3 Å². The molecule has 1 amide bonds. The maximum Gasteiger partial charge on any atom is 0.256 e. The molecule has 0 aromatic heterocycles. The van der Waals surface area contributed by atoms with Crippen LogP contribution in [0.2, 0.25) is 5.02 Å². The summed E-state index contributed by atoms with van der Waals surface area (Å²) in [7, 11) is 0. The minimum absolute atomic E-state index is 0.0287. The number of hydrogen-bond acceptors (Lipinski definition) is 3. The fourth-order valence-corrected chi connectivity index (χ4v) is 2.14. The lowest BCUT2D eigenvalue weighted by atomic mass is 10.0. The number of nitrogen functional groups attached to an aromatic ring is 1. The molecule has 0 fully saturated rings. The summed E-state index contributed by atoms with van der Waals surface area (Å²) in [5, 5.41) is 6.18. The molecule has 0 saturated carbocycles. The highest BCUT2D eigenvalue weighted by molar-refractivity contribution is 6.31. The molecule has 17 heavy (non-hydrogen) atoms. The third kappa shape index (κ3) is 2.00. The second-order valence-corrected chi connectivity index (χ2v) is 4.49. The van der Waals surface area contributed by atoms with E-state index >= 15 is 0 Å². The van der Waals surface area contributed by atoms with E-state index in [1.165, 1.54) is 5.01 Å². The van der Waals surface area contributed by atoms with E-state index in [2.05, 4.69) is 5.10 Å². The van der Waals surface area contributed by atoms with Crippen LogP contribution in [0.15, 0.2) is 23.3 Å². The monoisotopic (exact) mass is 251 g/mol.